The number of aryl methyl sites for hydroxylation is 2. The van der Waals surface area contributed by atoms with Gasteiger partial charge >= 0.3 is 5.97 Å². The van der Waals surface area contributed by atoms with Crippen LogP contribution in [0.4, 0.5) is 5.69 Å². The van der Waals surface area contributed by atoms with Crippen LogP contribution in [0.3, 0.4) is 0 Å². The standard InChI is InChI=1S/C22H23N3O5/c1-25-14-16(13-23-25)22(27)24-17-6-8-18(9-7-17)30-21(26)11-5-15-4-10-19(28-2)20(12-15)29-3/h4,6-10,12-14H,5,11H2,1-3H3,(H,24,27). The summed E-state index contributed by atoms with van der Waals surface area (Å²) in [5, 5.41) is 6.73. The molecule has 30 heavy (non-hydrogen) atoms. The first-order valence-corrected chi connectivity index (χ1v) is 9.30. The molecule has 0 aliphatic heterocycles. The van der Waals surface area contributed by atoms with Crippen LogP contribution in [0.15, 0.2) is 54.9 Å². The molecule has 0 fully saturated rings. The molecule has 0 atom stereocenters. The second kappa shape index (κ2) is 9.60. The lowest BCUT2D eigenvalue weighted by atomic mass is 10.1. The summed E-state index contributed by atoms with van der Waals surface area (Å²) in [6, 6.07) is 12.1. The maximum atomic E-state index is 12.2. The van der Waals surface area contributed by atoms with Crippen LogP contribution in [-0.4, -0.2) is 35.9 Å². The van der Waals surface area contributed by atoms with Gasteiger partial charge in [0.1, 0.15) is 5.75 Å². The van der Waals surface area contributed by atoms with Gasteiger partial charge in [0, 0.05) is 25.4 Å². The highest BCUT2D eigenvalue weighted by Crippen LogP contribution is 2.28. The minimum Gasteiger partial charge on any atom is -0.493 e. The highest BCUT2D eigenvalue weighted by molar-refractivity contribution is 6.03. The molecule has 0 aliphatic carbocycles. The first-order valence-electron chi connectivity index (χ1n) is 9.30. The van der Waals surface area contributed by atoms with Crippen LogP contribution in [0.25, 0.3) is 0 Å². The van der Waals surface area contributed by atoms with Gasteiger partial charge in [0.25, 0.3) is 5.91 Å². The lowest BCUT2D eigenvalue weighted by molar-refractivity contribution is -0.134. The molecule has 0 unspecified atom stereocenters. The van der Waals surface area contributed by atoms with E-state index in [0.717, 1.165) is 5.56 Å². The van der Waals surface area contributed by atoms with Gasteiger partial charge in [-0.2, -0.15) is 5.10 Å². The minimum atomic E-state index is -0.350. The van der Waals surface area contributed by atoms with E-state index in [-0.39, 0.29) is 18.3 Å². The molecule has 2 aromatic carbocycles. The number of esters is 1. The van der Waals surface area contributed by atoms with Crippen molar-refractivity contribution in [3.63, 3.8) is 0 Å². The SMILES string of the molecule is COc1ccc(CCC(=O)Oc2ccc(NC(=O)c3cnn(C)c3)cc2)cc1OC. The predicted molar refractivity (Wildman–Crippen MR) is 111 cm³/mol. The van der Waals surface area contributed by atoms with Crippen LogP contribution in [0, 0.1) is 0 Å². The van der Waals surface area contributed by atoms with Crippen molar-refractivity contribution in [3.8, 4) is 17.2 Å². The first kappa shape index (κ1) is 20.9. The molecule has 3 aromatic rings. The van der Waals surface area contributed by atoms with E-state index in [4.69, 9.17) is 14.2 Å². The third kappa shape index (κ3) is 5.38. The number of benzene rings is 2. The van der Waals surface area contributed by atoms with Gasteiger partial charge in [-0.3, -0.25) is 14.3 Å². The van der Waals surface area contributed by atoms with E-state index in [1.807, 2.05) is 12.1 Å². The molecule has 8 heteroatoms. The van der Waals surface area contributed by atoms with Crippen LogP contribution in [0.1, 0.15) is 22.3 Å². The van der Waals surface area contributed by atoms with Gasteiger partial charge < -0.3 is 19.5 Å². The quantitative estimate of drug-likeness (QED) is 0.454. The minimum absolute atomic E-state index is 0.217. The van der Waals surface area contributed by atoms with Crippen LogP contribution < -0.4 is 19.5 Å². The lowest BCUT2D eigenvalue weighted by Gasteiger charge is -2.10. The van der Waals surface area contributed by atoms with E-state index in [1.54, 1.807) is 62.5 Å². The maximum absolute atomic E-state index is 12.2. The molecule has 8 nitrogen and oxygen atoms in total. The van der Waals surface area contributed by atoms with E-state index in [9.17, 15) is 9.59 Å². The van der Waals surface area contributed by atoms with Crippen LogP contribution in [-0.2, 0) is 18.3 Å². The third-order valence-corrected chi connectivity index (χ3v) is 4.38. The Morgan fingerprint density at radius 3 is 2.40 bits per heavy atom. The molecule has 1 aromatic heterocycles. The Morgan fingerprint density at radius 2 is 1.77 bits per heavy atom. The van der Waals surface area contributed by atoms with Gasteiger partial charge in [-0.1, -0.05) is 6.07 Å². The maximum Gasteiger partial charge on any atom is 0.311 e. The molecule has 0 saturated carbocycles. The second-order valence-electron chi connectivity index (χ2n) is 6.54. The van der Waals surface area contributed by atoms with Gasteiger partial charge in [0.05, 0.1) is 26.0 Å². The molecular formula is C22H23N3O5. The fourth-order valence-electron chi connectivity index (χ4n) is 2.81. The average molecular weight is 409 g/mol. The summed E-state index contributed by atoms with van der Waals surface area (Å²) in [6.07, 6.45) is 3.85. The fraction of sp³-hybridized carbons (Fsp3) is 0.227. The smallest absolute Gasteiger partial charge is 0.311 e. The van der Waals surface area contributed by atoms with Crippen molar-refractivity contribution < 1.29 is 23.8 Å². The summed E-state index contributed by atoms with van der Waals surface area (Å²) in [5.41, 5.74) is 2.00. The zero-order valence-electron chi connectivity index (χ0n) is 17.0. The van der Waals surface area contributed by atoms with E-state index >= 15 is 0 Å². The molecule has 1 N–H and O–H groups in total. The van der Waals surface area contributed by atoms with Gasteiger partial charge in [0.15, 0.2) is 11.5 Å². The van der Waals surface area contributed by atoms with Gasteiger partial charge in [-0.15, -0.1) is 0 Å². The van der Waals surface area contributed by atoms with Crippen LogP contribution >= 0.6 is 0 Å². The van der Waals surface area contributed by atoms with Crippen molar-refractivity contribution in [2.45, 2.75) is 12.8 Å². The largest absolute Gasteiger partial charge is 0.493 e. The zero-order valence-corrected chi connectivity index (χ0v) is 17.0. The molecule has 1 amide bonds. The highest BCUT2D eigenvalue weighted by atomic mass is 16.5. The molecule has 3 rings (SSSR count). The summed E-state index contributed by atoms with van der Waals surface area (Å²) in [5.74, 6) is 1.05. The first-order chi connectivity index (χ1) is 14.5. The fourth-order valence-corrected chi connectivity index (χ4v) is 2.81. The number of rotatable bonds is 8. The lowest BCUT2D eigenvalue weighted by Crippen LogP contribution is -2.11. The Labute approximate surface area is 174 Å². The zero-order chi connectivity index (χ0) is 21.5. The normalized spacial score (nSPS) is 10.4. The molecule has 0 radical (unpaired) electrons. The Balaban J connectivity index is 1.51. The number of nitrogens with zero attached hydrogens (tertiary/aromatic N) is 2. The topological polar surface area (TPSA) is 91.7 Å². The van der Waals surface area contributed by atoms with Gasteiger partial charge in [-0.25, -0.2) is 0 Å². The van der Waals surface area contributed by atoms with E-state index in [1.165, 1.54) is 6.20 Å². The summed E-state index contributed by atoms with van der Waals surface area (Å²) in [6.45, 7) is 0. The molecule has 0 saturated heterocycles. The Hall–Kier alpha value is -3.81. The number of nitrogens with one attached hydrogen (secondary N) is 1. The summed E-state index contributed by atoms with van der Waals surface area (Å²) < 4.78 is 17.4. The van der Waals surface area contributed by atoms with E-state index in [2.05, 4.69) is 10.4 Å². The number of ether oxygens (including phenoxy) is 3. The number of anilines is 1. The van der Waals surface area contributed by atoms with Crippen molar-refractivity contribution in [2.24, 2.45) is 7.05 Å². The predicted octanol–water partition coefficient (Wildman–Crippen LogP) is 3.23. The number of aromatic nitrogens is 2. The molecular weight excluding hydrogens is 386 g/mol. The molecule has 156 valence electrons. The Bertz CT molecular complexity index is 1030. The van der Waals surface area contributed by atoms with Crippen LogP contribution in [0.2, 0.25) is 0 Å². The van der Waals surface area contributed by atoms with Gasteiger partial charge in [0.2, 0.25) is 0 Å². The number of hydrogen-bond donors (Lipinski definition) is 1. The number of carbonyl (C=O) groups excluding carboxylic acids is 2. The van der Waals surface area contributed by atoms with Crippen molar-refractivity contribution >= 4 is 17.6 Å². The Kier molecular flexibility index (Phi) is 6.69. The summed E-state index contributed by atoms with van der Waals surface area (Å²) in [7, 11) is 4.88. The van der Waals surface area contributed by atoms with Crippen molar-refractivity contribution in [1.29, 1.82) is 0 Å². The third-order valence-electron chi connectivity index (χ3n) is 4.38. The van der Waals surface area contributed by atoms with Crippen LogP contribution in [0.5, 0.6) is 17.2 Å². The summed E-state index contributed by atoms with van der Waals surface area (Å²) in [4.78, 5) is 24.3. The van der Waals surface area contributed by atoms with Crippen molar-refractivity contribution in [3.05, 3.63) is 66.0 Å². The number of methoxy groups -OCH3 is 2. The molecule has 0 spiro atoms. The number of carbonyl (C=O) groups is 2. The van der Waals surface area contributed by atoms with Crippen molar-refractivity contribution in [2.75, 3.05) is 19.5 Å². The Morgan fingerprint density at radius 1 is 1.03 bits per heavy atom. The van der Waals surface area contributed by atoms with E-state index in [0.29, 0.717) is 34.9 Å². The van der Waals surface area contributed by atoms with Crippen molar-refractivity contribution in [1.82, 2.24) is 9.78 Å². The summed E-state index contributed by atoms with van der Waals surface area (Å²) >= 11 is 0. The van der Waals surface area contributed by atoms with Gasteiger partial charge in [-0.05, 0) is 48.4 Å². The highest BCUT2D eigenvalue weighted by Gasteiger charge is 2.10. The molecule has 0 bridgehead atoms. The average Bonchev–Trinajstić information content (AvgIpc) is 3.20. The number of amides is 1. The molecule has 0 aliphatic rings. The molecule has 1 heterocycles. The number of hydrogen-bond acceptors (Lipinski definition) is 6. The monoisotopic (exact) mass is 409 g/mol. The second-order valence-corrected chi connectivity index (χ2v) is 6.54. The van der Waals surface area contributed by atoms with E-state index < -0.39 is 0 Å².